The maximum atomic E-state index is 11.6. The zero-order chi connectivity index (χ0) is 12.1. The fourth-order valence-electron chi connectivity index (χ4n) is 1.23. The molecule has 1 rings (SSSR count). The topological polar surface area (TPSA) is 63.6 Å². The van der Waals surface area contributed by atoms with Crippen LogP contribution in [0.2, 0.25) is 0 Å². The molecule has 0 saturated carbocycles. The molecule has 0 aliphatic carbocycles. The number of aliphatic carboxylic acids is 1. The van der Waals surface area contributed by atoms with Crippen LogP contribution in [-0.2, 0) is 9.53 Å². The molecule has 0 aliphatic heterocycles. The third kappa shape index (κ3) is 3.08. The van der Waals surface area contributed by atoms with Crippen molar-refractivity contribution < 1.29 is 19.4 Å². The number of hydrogen-bond acceptors (Lipinski definition) is 3. The maximum absolute atomic E-state index is 11.6. The zero-order valence-electron chi connectivity index (χ0n) is 9.21. The van der Waals surface area contributed by atoms with Crippen molar-refractivity contribution in [3.05, 3.63) is 35.9 Å². The van der Waals surface area contributed by atoms with Crippen molar-refractivity contribution in [1.29, 1.82) is 0 Å². The summed E-state index contributed by atoms with van der Waals surface area (Å²) >= 11 is 0. The van der Waals surface area contributed by atoms with Crippen molar-refractivity contribution in [2.45, 2.75) is 20.0 Å². The summed E-state index contributed by atoms with van der Waals surface area (Å²) < 4.78 is 4.92. The SMILES string of the molecule is CC(C)C(OC(=O)c1ccccc1)C(=O)O. The van der Waals surface area contributed by atoms with Crippen LogP contribution < -0.4 is 0 Å². The molecule has 0 spiro atoms. The molecule has 1 aromatic carbocycles. The monoisotopic (exact) mass is 222 g/mol. The Labute approximate surface area is 93.9 Å². The fourth-order valence-corrected chi connectivity index (χ4v) is 1.23. The van der Waals surface area contributed by atoms with Gasteiger partial charge in [-0.05, 0) is 12.1 Å². The molecule has 16 heavy (non-hydrogen) atoms. The number of carboxylic acid groups (broad SMARTS) is 1. The van der Waals surface area contributed by atoms with E-state index >= 15 is 0 Å². The summed E-state index contributed by atoms with van der Waals surface area (Å²) in [6, 6.07) is 8.33. The molecule has 0 radical (unpaired) electrons. The molecule has 1 aromatic rings. The molecule has 0 bridgehead atoms. The Morgan fingerprint density at radius 2 is 1.75 bits per heavy atom. The molecule has 1 atom stereocenters. The van der Waals surface area contributed by atoms with Crippen LogP contribution in [-0.4, -0.2) is 23.1 Å². The third-order valence-corrected chi connectivity index (χ3v) is 2.09. The predicted molar refractivity (Wildman–Crippen MR) is 58.1 cm³/mol. The van der Waals surface area contributed by atoms with Gasteiger partial charge in [-0.15, -0.1) is 0 Å². The second kappa shape index (κ2) is 5.30. The van der Waals surface area contributed by atoms with Gasteiger partial charge in [0.15, 0.2) is 0 Å². The van der Waals surface area contributed by atoms with Crippen LogP contribution in [0.15, 0.2) is 30.3 Å². The van der Waals surface area contributed by atoms with Crippen molar-refractivity contribution in [1.82, 2.24) is 0 Å². The molecule has 0 heterocycles. The number of carbonyl (C=O) groups is 2. The van der Waals surface area contributed by atoms with Gasteiger partial charge in [-0.2, -0.15) is 0 Å². The Bertz CT molecular complexity index is 370. The van der Waals surface area contributed by atoms with Gasteiger partial charge in [0.2, 0.25) is 6.10 Å². The van der Waals surface area contributed by atoms with Crippen molar-refractivity contribution >= 4 is 11.9 Å². The first-order valence-corrected chi connectivity index (χ1v) is 5.01. The summed E-state index contributed by atoms with van der Waals surface area (Å²) in [6.07, 6.45) is -1.10. The summed E-state index contributed by atoms with van der Waals surface area (Å²) in [7, 11) is 0. The van der Waals surface area contributed by atoms with E-state index in [4.69, 9.17) is 9.84 Å². The molecule has 4 nitrogen and oxygen atoms in total. The van der Waals surface area contributed by atoms with Gasteiger partial charge >= 0.3 is 11.9 Å². The summed E-state index contributed by atoms with van der Waals surface area (Å²) in [5.41, 5.74) is 0.356. The highest BCUT2D eigenvalue weighted by Gasteiger charge is 2.26. The first-order chi connectivity index (χ1) is 7.52. The highest BCUT2D eigenvalue weighted by molar-refractivity contribution is 5.91. The van der Waals surface area contributed by atoms with Crippen LogP contribution in [0.25, 0.3) is 0 Å². The summed E-state index contributed by atoms with van der Waals surface area (Å²) in [5.74, 6) is -1.99. The van der Waals surface area contributed by atoms with Gasteiger partial charge in [0, 0.05) is 5.92 Å². The molecule has 0 saturated heterocycles. The van der Waals surface area contributed by atoms with Crippen LogP contribution in [0.1, 0.15) is 24.2 Å². The molecular formula is C12H14O4. The Balaban J connectivity index is 2.74. The molecule has 0 aliphatic rings. The highest BCUT2D eigenvalue weighted by atomic mass is 16.6. The smallest absolute Gasteiger partial charge is 0.345 e. The minimum absolute atomic E-state index is 0.259. The Morgan fingerprint density at radius 3 is 2.19 bits per heavy atom. The molecule has 1 N–H and O–H groups in total. The predicted octanol–water partition coefficient (Wildman–Crippen LogP) is 1.95. The first kappa shape index (κ1) is 12.2. The zero-order valence-corrected chi connectivity index (χ0v) is 9.21. The van der Waals surface area contributed by atoms with E-state index < -0.39 is 18.0 Å². The van der Waals surface area contributed by atoms with Gasteiger partial charge in [0.05, 0.1) is 5.56 Å². The minimum Gasteiger partial charge on any atom is -0.478 e. The van der Waals surface area contributed by atoms with E-state index in [0.29, 0.717) is 5.56 Å². The summed E-state index contributed by atoms with van der Waals surface area (Å²) in [6.45, 7) is 3.38. The van der Waals surface area contributed by atoms with E-state index in [1.54, 1.807) is 44.2 Å². The Morgan fingerprint density at radius 1 is 1.19 bits per heavy atom. The number of esters is 1. The van der Waals surface area contributed by atoms with Crippen LogP contribution >= 0.6 is 0 Å². The van der Waals surface area contributed by atoms with E-state index in [1.807, 2.05) is 0 Å². The lowest BCUT2D eigenvalue weighted by molar-refractivity contribution is -0.149. The minimum atomic E-state index is -1.13. The first-order valence-electron chi connectivity index (χ1n) is 5.01. The second-order valence-corrected chi connectivity index (χ2v) is 3.77. The molecular weight excluding hydrogens is 208 g/mol. The van der Waals surface area contributed by atoms with Crippen molar-refractivity contribution in [3.8, 4) is 0 Å². The lowest BCUT2D eigenvalue weighted by Gasteiger charge is -2.16. The lowest BCUT2D eigenvalue weighted by atomic mass is 10.1. The van der Waals surface area contributed by atoms with E-state index in [9.17, 15) is 9.59 Å². The number of rotatable bonds is 4. The Hall–Kier alpha value is -1.84. The van der Waals surface area contributed by atoms with Gasteiger partial charge in [-0.3, -0.25) is 0 Å². The summed E-state index contributed by atoms with van der Waals surface area (Å²) in [5, 5.41) is 8.86. The summed E-state index contributed by atoms with van der Waals surface area (Å²) in [4.78, 5) is 22.4. The van der Waals surface area contributed by atoms with Crippen molar-refractivity contribution in [2.75, 3.05) is 0 Å². The van der Waals surface area contributed by atoms with Gasteiger partial charge in [-0.25, -0.2) is 9.59 Å². The standard InChI is InChI=1S/C12H14O4/c1-8(2)10(11(13)14)16-12(15)9-6-4-3-5-7-9/h3-8,10H,1-2H3,(H,13,14). The van der Waals surface area contributed by atoms with E-state index in [1.165, 1.54) is 0 Å². The lowest BCUT2D eigenvalue weighted by Crippen LogP contribution is -2.31. The largest absolute Gasteiger partial charge is 0.478 e. The number of benzene rings is 1. The van der Waals surface area contributed by atoms with Crippen molar-refractivity contribution in [2.24, 2.45) is 5.92 Å². The second-order valence-electron chi connectivity index (χ2n) is 3.77. The molecule has 0 fully saturated rings. The number of hydrogen-bond donors (Lipinski definition) is 1. The van der Waals surface area contributed by atoms with Crippen LogP contribution in [0.3, 0.4) is 0 Å². The quantitative estimate of drug-likeness (QED) is 0.791. The Kier molecular flexibility index (Phi) is 4.05. The van der Waals surface area contributed by atoms with Gasteiger partial charge in [0.1, 0.15) is 0 Å². The average Bonchev–Trinajstić information content (AvgIpc) is 2.25. The number of carboxylic acids is 1. The van der Waals surface area contributed by atoms with Crippen LogP contribution in [0, 0.1) is 5.92 Å². The third-order valence-electron chi connectivity index (χ3n) is 2.09. The molecule has 0 amide bonds. The van der Waals surface area contributed by atoms with E-state index in [2.05, 4.69) is 0 Å². The highest BCUT2D eigenvalue weighted by Crippen LogP contribution is 2.10. The molecule has 4 heteroatoms. The number of ether oxygens (including phenoxy) is 1. The normalized spacial score (nSPS) is 12.2. The fraction of sp³-hybridized carbons (Fsp3) is 0.333. The van der Waals surface area contributed by atoms with Crippen LogP contribution in [0.5, 0.6) is 0 Å². The van der Waals surface area contributed by atoms with Gasteiger partial charge in [0.25, 0.3) is 0 Å². The van der Waals surface area contributed by atoms with Crippen molar-refractivity contribution in [3.63, 3.8) is 0 Å². The van der Waals surface area contributed by atoms with Crippen LogP contribution in [0.4, 0.5) is 0 Å². The van der Waals surface area contributed by atoms with Gasteiger partial charge < -0.3 is 9.84 Å². The average molecular weight is 222 g/mol. The van der Waals surface area contributed by atoms with Gasteiger partial charge in [-0.1, -0.05) is 32.0 Å². The van der Waals surface area contributed by atoms with E-state index in [-0.39, 0.29) is 5.92 Å². The molecule has 1 unspecified atom stereocenters. The maximum Gasteiger partial charge on any atom is 0.345 e. The molecule has 0 aromatic heterocycles. The van der Waals surface area contributed by atoms with E-state index in [0.717, 1.165) is 0 Å². The molecule has 86 valence electrons. The number of carbonyl (C=O) groups excluding carboxylic acids is 1.